The molecule has 0 aliphatic heterocycles. The SMILES string of the molecule is CNS(=O)(=O)c1cccc(C(=O)NCCNC(=O)c2ccccc2)c1. The Kier molecular flexibility index (Phi) is 6.26. The van der Waals surface area contributed by atoms with Crippen molar-refractivity contribution in [3.63, 3.8) is 0 Å². The van der Waals surface area contributed by atoms with E-state index >= 15 is 0 Å². The van der Waals surface area contributed by atoms with Gasteiger partial charge >= 0.3 is 0 Å². The van der Waals surface area contributed by atoms with Gasteiger partial charge in [-0.25, -0.2) is 13.1 Å². The van der Waals surface area contributed by atoms with Crippen LogP contribution in [0.1, 0.15) is 20.7 Å². The topological polar surface area (TPSA) is 104 Å². The van der Waals surface area contributed by atoms with Gasteiger partial charge in [0.1, 0.15) is 0 Å². The summed E-state index contributed by atoms with van der Waals surface area (Å²) in [6.07, 6.45) is 0. The summed E-state index contributed by atoms with van der Waals surface area (Å²) in [6.45, 7) is 0.481. The summed E-state index contributed by atoms with van der Waals surface area (Å²) in [5.74, 6) is -0.640. The van der Waals surface area contributed by atoms with Crippen LogP contribution >= 0.6 is 0 Å². The molecule has 0 heterocycles. The van der Waals surface area contributed by atoms with E-state index in [0.717, 1.165) is 0 Å². The number of sulfonamides is 1. The van der Waals surface area contributed by atoms with E-state index < -0.39 is 15.9 Å². The summed E-state index contributed by atoms with van der Waals surface area (Å²) < 4.78 is 25.7. The number of nitrogens with one attached hydrogen (secondary N) is 3. The third-order valence-electron chi connectivity index (χ3n) is 3.41. The predicted octanol–water partition coefficient (Wildman–Crippen LogP) is 0.754. The molecule has 0 aliphatic carbocycles. The van der Waals surface area contributed by atoms with Crippen molar-refractivity contribution in [3.05, 3.63) is 65.7 Å². The molecule has 8 heteroatoms. The normalized spacial score (nSPS) is 10.9. The van der Waals surface area contributed by atoms with Crippen molar-refractivity contribution in [2.24, 2.45) is 0 Å². The van der Waals surface area contributed by atoms with E-state index in [-0.39, 0.29) is 29.5 Å². The lowest BCUT2D eigenvalue weighted by Crippen LogP contribution is -2.34. The van der Waals surface area contributed by atoms with Crippen LogP contribution in [0.3, 0.4) is 0 Å². The fraction of sp³-hybridized carbons (Fsp3) is 0.176. The van der Waals surface area contributed by atoms with Crippen LogP contribution in [0.5, 0.6) is 0 Å². The molecule has 2 amide bonds. The average Bonchev–Trinajstić information content (AvgIpc) is 2.65. The first-order valence-electron chi connectivity index (χ1n) is 7.59. The Morgan fingerprint density at radius 1 is 0.840 bits per heavy atom. The summed E-state index contributed by atoms with van der Waals surface area (Å²) >= 11 is 0. The summed E-state index contributed by atoms with van der Waals surface area (Å²) in [5.41, 5.74) is 0.768. The van der Waals surface area contributed by atoms with Gasteiger partial charge in [0.15, 0.2) is 0 Å². The third-order valence-corrected chi connectivity index (χ3v) is 4.82. The van der Waals surface area contributed by atoms with Crippen LogP contribution in [0.25, 0.3) is 0 Å². The van der Waals surface area contributed by atoms with Crippen molar-refractivity contribution in [3.8, 4) is 0 Å². The maximum atomic E-state index is 12.1. The highest BCUT2D eigenvalue weighted by Gasteiger charge is 2.14. The highest BCUT2D eigenvalue weighted by molar-refractivity contribution is 7.89. The van der Waals surface area contributed by atoms with E-state index in [0.29, 0.717) is 5.56 Å². The highest BCUT2D eigenvalue weighted by Crippen LogP contribution is 2.10. The van der Waals surface area contributed by atoms with Gasteiger partial charge in [0.2, 0.25) is 10.0 Å². The molecular formula is C17H19N3O4S. The Balaban J connectivity index is 1.87. The number of rotatable bonds is 7. The molecule has 0 radical (unpaired) electrons. The lowest BCUT2D eigenvalue weighted by molar-refractivity contribution is 0.0927. The smallest absolute Gasteiger partial charge is 0.251 e. The van der Waals surface area contributed by atoms with Crippen LogP contribution in [-0.4, -0.2) is 40.4 Å². The zero-order chi connectivity index (χ0) is 18.3. The van der Waals surface area contributed by atoms with Gasteiger partial charge in [-0.2, -0.15) is 0 Å². The van der Waals surface area contributed by atoms with Gasteiger partial charge < -0.3 is 10.6 Å². The predicted molar refractivity (Wildman–Crippen MR) is 93.8 cm³/mol. The molecular weight excluding hydrogens is 342 g/mol. The molecule has 0 unspecified atom stereocenters. The minimum atomic E-state index is -3.61. The molecule has 2 rings (SSSR count). The van der Waals surface area contributed by atoms with Crippen molar-refractivity contribution < 1.29 is 18.0 Å². The minimum Gasteiger partial charge on any atom is -0.350 e. The minimum absolute atomic E-state index is 0.0139. The molecule has 2 aromatic rings. The van der Waals surface area contributed by atoms with Crippen LogP contribution in [0.15, 0.2) is 59.5 Å². The van der Waals surface area contributed by atoms with Crippen molar-refractivity contribution in [1.29, 1.82) is 0 Å². The molecule has 0 aliphatic rings. The summed E-state index contributed by atoms with van der Waals surface area (Å²) in [5, 5.41) is 5.32. The van der Waals surface area contributed by atoms with E-state index in [1.54, 1.807) is 24.3 Å². The fourth-order valence-electron chi connectivity index (χ4n) is 2.07. The Labute approximate surface area is 146 Å². The lowest BCUT2D eigenvalue weighted by Gasteiger charge is -2.08. The highest BCUT2D eigenvalue weighted by atomic mass is 32.2. The van der Waals surface area contributed by atoms with E-state index in [4.69, 9.17) is 0 Å². The van der Waals surface area contributed by atoms with E-state index in [2.05, 4.69) is 15.4 Å². The first-order valence-corrected chi connectivity index (χ1v) is 9.07. The van der Waals surface area contributed by atoms with Gasteiger partial charge in [-0.05, 0) is 37.4 Å². The van der Waals surface area contributed by atoms with Crippen LogP contribution in [-0.2, 0) is 10.0 Å². The molecule has 0 atom stereocenters. The maximum Gasteiger partial charge on any atom is 0.251 e. The van der Waals surface area contributed by atoms with Crippen molar-refractivity contribution in [2.75, 3.05) is 20.1 Å². The zero-order valence-electron chi connectivity index (χ0n) is 13.7. The quantitative estimate of drug-likeness (QED) is 0.633. The molecule has 25 heavy (non-hydrogen) atoms. The van der Waals surface area contributed by atoms with Crippen molar-refractivity contribution >= 4 is 21.8 Å². The largest absolute Gasteiger partial charge is 0.350 e. The molecule has 2 aromatic carbocycles. The maximum absolute atomic E-state index is 12.1. The fourth-order valence-corrected chi connectivity index (χ4v) is 2.84. The van der Waals surface area contributed by atoms with Gasteiger partial charge in [0, 0.05) is 24.2 Å². The molecule has 0 fully saturated rings. The molecule has 0 aromatic heterocycles. The van der Waals surface area contributed by atoms with Gasteiger partial charge in [-0.1, -0.05) is 24.3 Å². The molecule has 132 valence electrons. The number of hydrogen-bond acceptors (Lipinski definition) is 4. The number of hydrogen-bond donors (Lipinski definition) is 3. The van der Waals surface area contributed by atoms with Crippen molar-refractivity contribution in [1.82, 2.24) is 15.4 Å². The van der Waals surface area contributed by atoms with E-state index in [1.807, 2.05) is 6.07 Å². The Bertz CT molecular complexity index is 851. The van der Waals surface area contributed by atoms with Gasteiger partial charge in [-0.3, -0.25) is 9.59 Å². The standard InChI is InChI=1S/C17H19N3O4S/c1-18-25(23,24)15-9-5-8-14(12-15)17(22)20-11-10-19-16(21)13-6-3-2-4-7-13/h2-9,12,18H,10-11H2,1H3,(H,19,21)(H,20,22). The second kappa shape index (κ2) is 8.41. The van der Waals surface area contributed by atoms with Crippen LogP contribution in [0, 0.1) is 0 Å². The zero-order valence-corrected chi connectivity index (χ0v) is 14.5. The summed E-state index contributed by atoms with van der Waals surface area (Å²) in [7, 11) is -2.31. The first kappa shape index (κ1) is 18.6. The second-order valence-corrected chi connectivity index (χ2v) is 7.00. The third kappa shape index (κ3) is 5.13. The monoisotopic (exact) mass is 361 g/mol. The average molecular weight is 361 g/mol. The Hall–Kier alpha value is -2.71. The van der Waals surface area contributed by atoms with Gasteiger partial charge in [0.25, 0.3) is 11.8 Å². The van der Waals surface area contributed by atoms with Gasteiger partial charge in [0.05, 0.1) is 4.90 Å². The van der Waals surface area contributed by atoms with E-state index in [1.165, 1.54) is 31.3 Å². The second-order valence-electron chi connectivity index (χ2n) is 5.11. The van der Waals surface area contributed by atoms with Crippen molar-refractivity contribution in [2.45, 2.75) is 4.90 Å². The molecule has 0 spiro atoms. The lowest BCUT2D eigenvalue weighted by atomic mass is 10.2. The van der Waals surface area contributed by atoms with Crippen LogP contribution in [0.4, 0.5) is 0 Å². The molecule has 0 saturated heterocycles. The molecule has 0 bridgehead atoms. The number of amides is 2. The van der Waals surface area contributed by atoms with Crippen LogP contribution in [0.2, 0.25) is 0 Å². The van der Waals surface area contributed by atoms with Crippen LogP contribution < -0.4 is 15.4 Å². The summed E-state index contributed by atoms with van der Waals surface area (Å²) in [4.78, 5) is 24.0. The van der Waals surface area contributed by atoms with E-state index in [9.17, 15) is 18.0 Å². The number of benzene rings is 2. The first-order chi connectivity index (χ1) is 11.9. The Morgan fingerprint density at radius 2 is 1.40 bits per heavy atom. The molecule has 0 saturated carbocycles. The number of carbonyl (C=O) groups is 2. The number of carbonyl (C=O) groups excluding carboxylic acids is 2. The molecule has 7 nitrogen and oxygen atoms in total. The summed E-state index contributed by atoms with van der Waals surface area (Å²) in [6, 6.07) is 14.5. The molecule has 3 N–H and O–H groups in total. The van der Waals surface area contributed by atoms with Gasteiger partial charge in [-0.15, -0.1) is 0 Å². The Morgan fingerprint density at radius 3 is 2.00 bits per heavy atom.